The topological polar surface area (TPSA) is 125 Å². The molecule has 0 radical (unpaired) electrons. The summed E-state index contributed by atoms with van der Waals surface area (Å²) in [5.74, 6) is -1.55. The molecular formula is C16H17N3O5. The summed E-state index contributed by atoms with van der Waals surface area (Å²) < 4.78 is 9.75. The number of Topliss-reactive ketones (excluding diaryl/α,β-unsaturated/α-hetero) is 1. The van der Waals surface area contributed by atoms with Crippen molar-refractivity contribution in [3.63, 3.8) is 0 Å². The smallest absolute Gasteiger partial charge is 0.346 e. The largest absolute Gasteiger partial charge is 0.449 e. The van der Waals surface area contributed by atoms with Crippen LogP contribution in [0.15, 0.2) is 28.8 Å². The maximum Gasteiger partial charge on any atom is 0.346 e. The van der Waals surface area contributed by atoms with Crippen molar-refractivity contribution in [3.8, 4) is 0 Å². The van der Waals surface area contributed by atoms with Crippen molar-refractivity contribution >= 4 is 29.2 Å². The van der Waals surface area contributed by atoms with Crippen LogP contribution in [0, 0.1) is 6.92 Å². The first kappa shape index (κ1) is 17.2. The van der Waals surface area contributed by atoms with Gasteiger partial charge in [-0.05, 0) is 45.0 Å². The third-order valence-corrected chi connectivity index (χ3v) is 3.31. The summed E-state index contributed by atoms with van der Waals surface area (Å²) in [7, 11) is 0. The summed E-state index contributed by atoms with van der Waals surface area (Å²) >= 11 is 0. The van der Waals surface area contributed by atoms with E-state index >= 15 is 0 Å². The van der Waals surface area contributed by atoms with Gasteiger partial charge >= 0.3 is 5.97 Å². The van der Waals surface area contributed by atoms with Gasteiger partial charge in [0.05, 0.1) is 5.69 Å². The molecule has 1 heterocycles. The lowest BCUT2D eigenvalue weighted by Gasteiger charge is -2.13. The number of esters is 1. The average molecular weight is 331 g/mol. The summed E-state index contributed by atoms with van der Waals surface area (Å²) in [4.78, 5) is 35.3. The van der Waals surface area contributed by atoms with E-state index in [0.29, 0.717) is 11.3 Å². The summed E-state index contributed by atoms with van der Waals surface area (Å²) in [6.07, 6.45) is -1.06. The molecule has 0 bridgehead atoms. The van der Waals surface area contributed by atoms with Crippen molar-refractivity contribution in [2.75, 3.05) is 11.1 Å². The highest BCUT2D eigenvalue weighted by molar-refractivity contribution is 6.00. The number of nitrogens with two attached hydrogens (primary N) is 1. The molecule has 0 spiro atoms. The molecule has 0 unspecified atom stereocenters. The lowest BCUT2D eigenvalue weighted by molar-refractivity contribution is -0.123. The fraction of sp³-hybridized carbons (Fsp3) is 0.250. The molecule has 1 aromatic carbocycles. The van der Waals surface area contributed by atoms with E-state index in [1.54, 1.807) is 24.3 Å². The predicted molar refractivity (Wildman–Crippen MR) is 85.6 cm³/mol. The Hall–Kier alpha value is -3.16. The Bertz CT molecular complexity index is 760. The summed E-state index contributed by atoms with van der Waals surface area (Å²) in [6.45, 7) is 4.42. The molecule has 0 fully saturated rings. The van der Waals surface area contributed by atoms with Crippen LogP contribution in [-0.2, 0) is 9.53 Å². The average Bonchev–Trinajstić information content (AvgIpc) is 2.86. The first-order valence-corrected chi connectivity index (χ1v) is 7.14. The van der Waals surface area contributed by atoms with Crippen LogP contribution in [-0.4, -0.2) is 28.9 Å². The molecular weight excluding hydrogens is 314 g/mol. The van der Waals surface area contributed by atoms with Gasteiger partial charge in [-0.3, -0.25) is 9.59 Å². The zero-order valence-corrected chi connectivity index (χ0v) is 13.5. The van der Waals surface area contributed by atoms with Gasteiger partial charge in [-0.2, -0.15) is 0 Å². The van der Waals surface area contributed by atoms with Gasteiger partial charge < -0.3 is 20.3 Å². The first-order chi connectivity index (χ1) is 11.3. The molecule has 24 heavy (non-hydrogen) atoms. The number of rotatable bonds is 5. The number of hydrogen-bond acceptors (Lipinski definition) is 7. The van der Waals surface area contributed by atoms with Crippen LogP contribution in [0.2, 0.25) is 0 Å². The van der Waals surface area contributed by atoms with Crippen molar-refractivity contribution in [1.29, 1.82) is 0 Å². The van der Waals surface area contributed by atoms with Crippen LogP contribution < -0.4 is 11.1 Å². The monoisotopic (exact) mass is 331 g/mol. The number of anilines is 2. The van der Waals surface area contributed by atoms with Crippen LogP contribution in [0.3, 0.4) is 0 Å². The van der Waals surface area contributed by atoms with E-state index in [2.05, 4.69) is 15.0 Å². The van der Waals surface area contributed by atoms with Crippen molar-refractivity contribution in [3.05, 3.63) is 41.1 Å². The second-order valence-electron chi connectivity index (χ2n) is 5.18. The third kappa shape index (κ3) is 3.78. The van der Waals surface area contributed by atoms with E-state index in [4.69, 9.17) is 10.5 Å². The SMILES string of the molecule is CC(=O)c1ccc(NC(=O)[C@H](C)OC(=O)c2c(C)noc2N)cc1. The number of ether oxygens (including phenoxy) is 1. The van der Waals surface area contributed by atoms with Crippen molar-refractivity contribution in [2.24, 2.45) is 0 Å². The normalized spacial score (nSPS) is 11.6. The second-order valence-corrected chi connectivity index (χ2v) is 5.18. The van der Waals surface area contributed by atoms with Gasteiger partial charge in [0.25, 0.3) is 5.91 Å². The number of ketones is 1. The molecule has 1 aromatic heterocycles. The number of benzene rings is 1. The predicted octanol–water partition coefficient (Wildman–Crippen LogP) is 1.95. The molecule has 1 atom stereocenters. The van der Waals surface area contributed by atoms with E-state index < -0.39 is 18.0 Å². The van der Waals surface area contributed by atoms with E-state index in [-0.39, 0.29) is 22.9 Å². The fourth-order valence-electron chi connectivity index (χ4n) is 1.94. The molecule has 8 nitrogen and oxygen atoms in total. The van der Waals surface area contributed by atoms with Gasteiger partial charge in [-0.15, -0.1) is 0 Å². The molecule has 0 saturated carbocycles. The van der Waals surface area contributed by atoms with Crippen LogP contribution in [0.4, 0.5) is 11.6 Å². The Balaban J connectivity index is 1.99. The van der Waals surface area contributed by atoms with Gasteiger partial charge in [0.15, 0.2) is 11.9 Å². The highest BCUT2D eigenvalue weighted by Gasteiger charge is 2.24. The molecule has 126 valence electrons. The first-order valence-electron chi connectivity index (χ1n) is 7.14. The minimum Gasteiger partial charge on any atom is -0.449 e. The van der Waals surface area contributed by atoms with Gasteiger partial charge in [0.1, 0.15) is 5.56 Å². The number of nitrogens with zero attached hydrogens (tertiary/aromatic N) is 1. The number of carbonyl (C=O) groups is 3. The van der Waals surface area contributed by atoms with Crippen molar-refractivity contribution < 1.29 is 23.6 Å². The second kappa shape index (κ2) is 6.95. The molecule has 2 aromatic rings. The highest BCUT2D eigenvalue weighted by atomic mass is 16.5. The van der Waals surface area contributed by atoms with E-state index in [0.717, 1.165) is 0 Å². The lowest BCUT2D eigenvalue weighted by atomic mass is 10.1. The molecule has 3 N–H and O–H groups in total. The van der Waals surface area contributed by atoms with Gasteiger partial charge in [-0.1, -0.05) is 5.16 Å². The van der Waals surface area contributed by atoms with Crippen LogP contribution in [0.5, 0.6) is 0 Å². The molecule has 0 aliphatic heterocycles. The third-order valence-electron chi connectivity index (χ3n) is 3.31. The van der Waals surface area contributed by atoms with Gasteiger partial charge in [-0.25, -0.2) is 4.79 Å². The zero-order valence-electron chi connectivity index (χ0n) is 13.5. The Kier molecular flexibility index (Phi) is 4.98. The van der Waals surface area contributed by atoms with E-state index in [9.17, 15) is 14.4 Å². The summed E-state index contributed by atoms with van der Waals surface area (Å²) in [5.41, 5.74) is 6.79. The van der Waals surface area contributed by atoms with Crippen LogP contribution in [0.25, 0.3) is 0 Å². The summed E-state index contributed by atoms with van der Waals surface area (Å²) in [6, 6.07) is 6.36. The quantitative estimate of drug-likeness (QED) is 0.633. The summed E-state index contributed by atoms with van der Waals surface area (Å²) in [5, 5.41) is 6.14. The maximum absolute atomic E-state index is 12.1. The number of aromatic nitrogens is 1. The fourth-order valence-corrected chi connectivity index (χ4v) is 1.94. The molecule has 1 amide bonds. The number of aryl methyl sites for hydroxylation is 1. The Labute approximate surface area is 137 Å². The number of carbonyl (C=O) groups excluding carboxylic acids is 3. The van der Waals surface area contributed by atoms with Gasteiger partial charge in [0, 0.05) is 11.3 Å². The minimum absolute atomic E-state index is 0.000427. The Morgan fingerprint density at radius 2 is 1.88 bits per heavy atom. The standard InChI is InChI=1S/C16H17N3O5/c1-8-13(14(17)24-19-8)16(22)23-10(3)15(21)18-12-6-4-11(5-7-12)9(2)20/h4-7,10H,17H2,1-3H3,(H,18,21)/t10-/m0/s1. The van der Waals surface area contributed by atoms with Crippen LogP contribution in [0.1, 0.15) is 40.3 Å². The Morgan fingerprint density at radius 3 is 2.38 bits per heavy atom. The molecule has 0 aliphatic carbocycles. The number of hydrogen-bond donors (Lipinski definition) is 2. The highest BCUT2D eigenvalue weighted by Crippen LogP contribution is 2.18. The van der Waals surface area contributed by atoms with E-state index in [1.807, 2.05) is 0 Å². The minimum atomic E-state index is -1.06. The van der Waals surface area contributed by atoms with Crippen molar-refractivity contribution in [1.82, 2.24) is 5.16 Å². The zero-order chi connectivity index (χ0) is 17.9. The van der Waals surface area contributed by atoms with Crippen LogP contribution >= 0.6 is 0 Å². The Morgan fingerprint density at radius 1 is 1.25 bits per heavy atom. The molecule has 0 saturated heterocycles. The van der Waals surface area contributed by atoms with Crippen molar-refractivity contribution in [2.45, 2.75) is 26.9 Å². The number of nitrogens with one attached hydrogen (secondary N) is 1. The molecule has 8 heteroatoms. The lowest BCUT2D eigenvalue weighted by Crippen LogP contribution is -2.30. The molecule has 2 rings (SSSR count). The number of amides is 1. The van der Waals surface area contributed by atoms with E-state index in [1.165, 1.54) is 20.8 Å². The maximum atomic E-state index is 12.1. The molecule has 0 aliphatic rings. The number of nitrogen functional groups attached to an aromatic ring is 1. The van der Waals surface area contributed by atoms with Gasteiger partial charge in [0.2, 0.25) is 5.88 Å².